The lowest BCUT2D eigenvalue weighted by Gasteiger charge is -2.10. The molecule has 5 N–H and O–H groups in total. The Morgan fingerprint density at radius 2 is 2.14 bits per heavy atom. The van der Waals surface area contributed by atoms with E-state index < -0.39 is 10.0 Å². The second kappa shape index (κ2) is 6.96. The summed E-state index contributed by atoms with van der Waals surface area (Å²) in [6.07, 6.45) is 3.74. The van der Waals surface area contributed by atoms with Gasteiger partial charge in [0.25, 0.3) is 0 Å². The van der Waals surface area contributed by atoms with Crippen molar-refractivity contribution in [1.29, 1.82) is 0 Å². The third-order valence-corrected chi connectivity index (χ3v) is 6.56. The number of primary sulfonamides is 1. The van der Waals surface area contributed by atoms with Gasteiger partial charge < -0.3 is 10.6 Å². The minimum atomic E-state index is -3.80. The van der Waals surface area contributed by atoms with Crippen LogP contribution in [-0.2, 0) is 14.8 Å². The van der Waals surface area contributed by atoms with Gasteiger partial charge in [-0.15, -0.1) is 11.3 Å². The summed E-state index contributed by atoms with van der Waals surface area (Å²) >= 11 is 0.969. The van der Waals surface area contributed by atoms with Crippen LogP contribution in [0.2, 0.25) is 0 Å². The Hall–Kier alpha value is -2.83. The summed E-state index contributed by atoms with van der Waals surface area (Å²) in [6.45, 7) is 1.38. The zero-order valence-electron chi connectivity index (χ0n) is 14.8. The van der Waals surface area contributed by atoms with Crippen molar-refractivity contribution in [2.45, 2.75) is 29.9 Å². The molecule has 12 heteroatoms. The Labute approximate surface area is 164 Å². The molecule has 0 spiro atoms. The van der Waals surface area contributed by atoms with Crippen LogP contribution >= 0.6 is 11.3 Å². The van der Waals surface area contributed by atoms with Crippen molar-refractivity contribution in [3.63, 3.8) is 0 Å². The first kappa shape index (κ1) is 18.5. The monoisotopic (exact) mass is 419 g/mol. The van der Waals surface area contributed by atoms with Crippen LogP contribution in [0.15, 0.2) is 28.6 Å². The van der Waals surface area contributed by atoms with Crippen LogP contribution in [0.1, 0.15) is 31.4 Å². The normalized spacial score (nSPS) is 14.1. The quantitative estimate of drug-likeness (QED) is 0.477. The van der Waals surface area contributed by atoms with E-state index in [0.717, 1.165) is 29.9 Å². The number of anilines is 3. The first-order valence-corrected chi connectivity index (χ1v) is 10.8. The van der Waals surface area contributed by atoms with Gasteiger partial charge in [-0.05, 0) is 25.0 Å². The number of sulfonamides is 1. The smallest absolute Gasteiger partial charge is 0.247 e. The maximum absolute atomic E-state index is 11.5. The largest absolute Gasteiger partial charge is 0.322 e. The van der Waals surface area contributed by atoms with Crippen molar-refractivity contribution in [3.05, 3.63) is 30.1 Å². The third-order valence-electron chi connectivity index (χ3n) is 4.04. The Morgan fingerprint density at radius 3 is 2.79 bits per heavy atom. The lowest BCUT2D eigenvalue weighted by atomic mass is 10.3. The molecular formula is C16H17N7O3S2. The first-order valence-electron chi connectivity index (χ1n) is 8.39. The minimum Gasteiger partial charge on any atom is -0.322 e. The zero-order valence-corrected chi connectivity index (χ0v) is 16.4. The molecule has 0 aromatic carbocycles. The van der Waals surface area contributed by atoms with Crippen molar-refractivity contribution in [1.82, 2.24) is 20.2 Å². The molecule has 1 amide bonds. The van der Waals surface area contributed by atoms with Gasteiger partial charge in [0, 0.05) is 24.6 Å². The highest BCUT2D eigenvalue weighted by Crippen LogP contribution is 2.40. The van der Waals surface area contributed by atoms with Crippen LogP contribution in [0, 0.1) is 0 Å². The molecule has 0 aliphatic heterocycles. The number of carbonyl (C=O) groups is 1. The fourth-order valence-corrected chi connectivity index (χ4v) is 4.27. The number of nitrogens with zero attached hydrogens (tertiary/aromatic N) is 3. The summed E-state index contributed by atoms with van der Waals surface area (Å²) in [5.74, 6) is 1.46. The number of carbonyl (C=O) groups excluding carboxylic acids is 1. The van der Waals surface area contributed by atoms with Gasteiger partial charge in [0.05, 0.1) is 11.1 Å². The van der Waals surface area contributed by atoms with E-state index in [-0.39, 0.29) is 10.1 Å². The molecule has 1 fully saturated rings. The molecule has 1 aliphatic carbocycles. The summed E-state index contributed by atoms with van der Waals surface area (Å²) in [6, 6.07) is 4.89. The molecule has 3 aromatic heterocycles. The molecule has 3 heterocycles. The number of amides is 1. The molecule has 1 aliphatic rings. The standard InChI is InChI=1S/C16H17N7O3S2/c1-8(24)19-11-7-18-16(12-4-5-14(27-12)28(17,25)26)21-15(11)20-13-6-10(22-23-13)9-2-3-9/h4-7,9H,2-3H2,1H3,(H,19,24)(H2,17,25,26)(H2,18,20,21,22,23). The molecule has 0 atom stereocenters. The van der Waals surface area contributed by atoms with Crippen molar-refractivity contribution in [3.8, 4) is 10.7 Å². The summed E-state index contributed by atoms with van der Waals surface area (Å²) in [7, 11) is -3.80. The summed E-state index contributed by atoms with van der Waals surface area (Å²) in [4.78, 5) is 20.7. The number of rotatable bonds is 6. The van der Waals surface area contributed by atoms with E-state index in [1.165, 1.54) is 19.2 Å². The van der Waals surface area contributed by atoms with E-state index in [1.54, 1.807) is 6.07 Å². The Balaban J connectivity index is 1.68. The number of nitrogens with two attached hydrogens (primary N) is 1. The summed E-state index contributed by atoms with van der Waals surface area (Å²) < 4.78 is 23.0. The van der Waals surface area contributed by atoms with E-state index in [9.17, 15) is 13.2 Å². The van der Waals surface area contributed by atoms with Crippen LogP contribution in [0.4, 0.5) is 17.3 Å². The van der Waals surface area contributed by atoms with E-state index in [4.69, 9.17) is 5.14 Å². The molecule has 10 nitrogen and oxygen atoms in total. The highest BCUT2D eigenvalue weighted by molar-refractivity contribution is 7.91. The molecule has 3 aromatic rings. The number of hydrogen-bond donors (Lipinski definition) is 4. The number of aromatic nitrogens is 4. The maximum atomic E-state index is 11.5. The minimum absolute atomic E-state index is 0.0212. The predicted octanol–water partition coefficient (Wildman–Crippen LogP) is 2.15. The fourth-order valence-electron chi connectivity index (χ4n) is 2.60. The Bertz CT molecular complexity index is 1150. The maximum Gasteiger partial charge on any atom is 0.247 e. The molecule has 28 heavy (non-hydrogen) atoms. The number of H-pyrrole nitrogens is 1. The van der Waals surface area contributed by atoms with Gasteiger partial charge in [-0.25, -0.2) is 23.5 Å². The molecule has 0 bridgehead atoms. The average molecular weight is 419 g/mol. The van der Waals surface area contributed by atoms with E-state index >= 15 is 0 Å². The number of aromatic amines is 1. The molecule has 146 valence electrons. The third kappa shape index (κ3) is 4.03. The van der Waals surface area contributed by atoms with Gasteiger partial charge in [-0.3, -0.25) is 9.89 Å². The van der Waals surface area contributed by atoms with Crippen LogP contribution in [0.5, 0.6) is 0 Å². The van der Waals surface area contributed by atoms with E-state index in [1.807, 2.05) is 6.07 Å². The van der Waals surface area contributed by atoms with Gasteiger partial charge in [0.1, 0.15) is 9.90 Å². The van der Waals surface area contributed by atoms with Crippen LogP contribution < -0.4 is 15.8 Å². The molecule has 0 radical (unpaired) electrons. The topological polar surface area (TPSA) is 156 Å². The predicted molar refractivity (Wildman–Crippen MR) is 105 cm³/mol. The number of thiophene rings is 1. The summed E-state index contributed by atoms with van der Waals surface area (Å²) in [5, 5.41) is 18.1. The van der Waals surface area contributed by atoms with Crippen LogP contribution in [0.25, 0.3) is 10.7 Å². The second-order valence-corrected chi connectivity index (χ2v) is 9.28. The SMILES string of the molecule is CC(=O)Nc1cnc(-c2ccc(S(N)(=O)=O)s2)nc1Nc1cc(C2CC2)[nH]n1. The average Bonchev–Trinajstić information content (AvgIpc) is 3.15. The lowest BCUT2D eigenvalue weighted by molar-refractivity contribution is -0.114. The van der Waals surface area contributed by atoms with Gasteiger partial charge in [-0.2, -0.15) is 5.10 Å². The Morgan fingerprint density at radius 1 is 1.36 bits per heavy atom. The van der Waals surface area contributed by atoms with Crippen LogP contribution in [0.3, 0.4) is 0 Å². The van der Waals surface area contributed by atoms with Crippen molar-refractivity contribution < 1.29 is 13.2 Å². The zero-order chi connectivity index (χ0) is 19.9. The number of hydrogen-bond acceptors (Lipinski definition) is 8. The summed E-state index contributed by atoms with van der Waals surface area (Å²) in [5.41, 5.74) is 1.43. The van der Waals surface area contributed by atoms with Gasteiger partial charge in [-0.1, -0.05) is 0 Å². The van der Waals surface area contributed by atoms with Crippen molar-refractivity contribution in [2.24, 2.45) is 5.14 Å². The fraction of sp³-hybridized carbons (Fsp3) is 0.250. The van der Waals surface area contributed by atoms with Gasteiger partial charge in [0.15, 0.2) is 17.5 Å². The molecule has 1 saturated carbocycles. The number of nitrogens with one attached hydrogen (secondary N) is 3. The van der Waals surface area contributed by atoms with Gasteiger partial charge in [0.2, 0.25) is 15.9 Å². The van der Waals surface area contributed by atoms with Gasteiger partial charge >= 0.3 is 0 Å². The van der Waals surface area contributed by atoms with Crippen molar-refractivity contribution in [2.75, 3.05) is 10.6 Å². The first-order chi connectivity index (χ1) is 13.3. The molecular weight excluding hydrogens is 402 g/mol. The second-order valence-electron chi connectivity index (χ2n) is 6.41. The van der Waals surface area contributed by atoms with E-state index in [0.29, 0.717) is 33.9 Å². The van der Waals surface area contributed by atoms with Crippen LogP contribution in [-0.4, -0.2) is 34.5 Å². The molecule has 0 unspecified atom stereocenters. The van der Waals surface area contributed by atoms with E-state index in [2.05, 4.69) is 30.8 Å². The lowest BCUT2D eigenvalue weighted by Crippen LogP contribution is -2.10. The van der Waals surface area contributed by atoms with Crippen molar-refractivity contribution >= 4 is 44.6 Å². The highest BCUT2D eigenvalue weighted by Gasteiger charge is 2.25. The highest BCUT2D eigenvalue weighted by atomic mass is 32.2. The molecule has 4 rings (SSSR count). The molecule has 0 saturated heterocycles. The Kier molecular flexibility index (Phi) is 4.61.